The number of hydrogen-bond acceptors (Lipinski definition) is 4. The third-order valence-electron chi connectivity index (χ3n) is 3.88. The Kier molecular flexibility index (Phi) is 7.37. The van der Waals surface area contributed by atoms with Crippen molar-refractivity contribution in [1.82, 2.24) is 10.6 Å². The topological polar surface area (TPSA) is 96.5 Å². The zero-order valence-corrected chi connectivity index (χ0v) is 15.4. The maximum absolute atomic E-state index is 12.0. The van der Waals surface area contributed by atoms with E-state index in [1.54, 1.807) is 62.7 Å². The molecule has 142 valence electrons. The van der Waals surface area contributed by atoms with Crippen LogP contribution in [0.25, 0.3) is 0 Å². The molecule has 3 amide bonds. The predicted molar refractivity (Wildman–Crippen MR) is 103 cm³/mol. The van der Waals surface area contributed by atoms with Crippen LogP contribution in [0.2, 0.25) is 0 Å². The van der Waals surface area contributed by atoms with E-state index in [-0.39, 0.29) is 24.1 Å². The molecule has 0 aliphatic heterocycles. The fourth-order valence-electron chi connectivity index (χ4n) is 2.37. The van der Waals surface area contributed by atoms with Gasteiger partial charge >= 0.3 is 0 Å². The second-order valence-electron chi connectivity index (χ2n) is 5.79. The fraction of sp³-hybridized carbons (Fsp3) is 0.250. The molecule has 0 spiro atoms. The fourth-order valence-corrected chi connectivity index (χ4v) is 2.37. The Morgan fingerprint density at radius 1 is 0.889 bits per heavy atom. The van der Waals surface area contributed by atoms with Crippen LogP contribution in [0, 0.1) is 0 Å². The first-order chi connectivity index (χ1) is 13.0. The van der Waals surface area contributed by atoms with Crippen molar-refractivity contribution in [2.45, 2.75) is 12.8 Å². The minimum absolute atomic E-state index is 0.151. The number of hydrogen-bond donors (Lipinski definition) is 3. The van der Waals surface area contributed by atoms with Crippen molar-refractivity contribution in [3.8, 4) is 5.75 Å². The minimum atomic E-state index is -0.192. The second-order valence-corrected chi connectivity index (χ2v) is 5.79. The first kappa shape index (κ1) is 20.0. The molecule has 0 aromatic heterocycles. The normalized spacial score (nSPS) is 10.0. The van der Waals surface area contributed by atoms with Crippen LogP contribution in [0.15, 0.2) is 48.5 Å². The quantitative estimate of drug-likeness (QED) is 0.622. The number of methoxy groups -OCH3 is 1. The van der Waals surface area contributed by atoms with Gasteiger partial charge in [0.25, 0.3) is 11.8 Å². The van der Waals surface area contributed by atoms with Gasteiger partial charge in [0.1, 0.15) is 5.75 Å². The van der Waals surface area contributed by atoms with E-state index in [0.717, 1.165) is 0 Å². The van der Waals surface area contributed by atoms with Gasteiger partial charge in [-0.15, -0.1) is 0 Å². The summed E-state index contributed by atoms with van der Waals surface area (Å²) in [6, 6.07) is 13.4. The summed E-state index contributed by atoms with van der Waals surface area (Å²) in [6.07, 6.45) is 0.796. The van der Waals surface area contributed by atoms with E-state index in [2.05, 4.69) is 16.0 Å². The van der Waals surface area contributed by atoms with E-state index in [0.29, 0.717) is 35.5 Å². The van der Waals surface area contributed by atoms with E-state index in [1.807, 2.05) is 0 Å². The van der Waals surface area contributed by atoms with E-state index in [9.17, 15) is 14.4 Å². The number of carbonyl (C=O) groups is 3. The number of rotatable bonds is 8. The highest BCUT2D eigenvalue weighted by Crippen LogP contribution is 2.12. The number of anilines is 1. The Morgan fingerprint density at radius 2 is 1.48 bits per heavy atom. The molecule has 0 fully saturated rings. The summed E-state index contributed by atoms with van der Waals surface area (Å²) in [5, 5.41) is 8.07. The lowest BCUT2D eigenvalue weighted by atomic mass is 10.2. The van der Waals surface area contributed by atoms with Gasteiger partial charge in [0.15, 0.2) is 0 Å². The number of nitrogens with one attached hydrogen (secondary N) is 3. The molecular weight excluding hydrogens is 346 g/mol. The number of amides is 3. The van der Waals surface area contributed by atoms with Gasteiger partial charge in [-0.2, -0.15) is 0 Å². The molecule has 0 aliphatic rings. The van der Waals surface area contributed by atoms with Gasteiger partial charge in [-0.25, -0.2) is 0 Å². The van der Waals surface area contributed by atoms with E-state index < -0.39 is 0 Å². The SMILES string of the molecule is CNC(=O)c1ccc(NC(=O)CCCNC(=O)c2ccc(OC)cc2)cc1. The average Bonchev–Trinajstić information content (AvgIpc) is 2.71. The van der Waals surface area contributed by atoms with Crippen LogP contribution >= 0.6 is 0 Å². The molecule has 0 unspecified atom stereocenters. The van der Waals surface area contributed by atoms with Gasteiger partial charge in [-0.05, 0) is 55.0 Å². The summed E-state index contributed by atoms with van der Waals surface area (Å²) in [5.74, 6) is 0.163. The minimum Gasteiger partial charge on any atom is -0.497 e. The van der Waals surface area contributed by atoms with Gasteiger partial charge in [0.2, 0.25) is 5.91 Å². The van der Waals surface area contributed by atoms with Crippen LogP contribution in [0.4, 0.5) is 5.69 Å². The maximum atomic E-state index is 12.0. The van der Waals surface area contributed by atoms with Gasteiger partial charge in [0, 0.05) is 36.8 Å². The predicted octanol–water partition coefficient (Wildman–Crippen LogP) is 2.20. The molecule has 0 radical (unpaired) electrons. The van der Waals surface area contributed by atoms with Crippen molar-refractivity contribution in [2.24, 2.45) is 0 Å². The lowest BCUT2D eigenvalue weighted by Gasteiger charge is -2.08. The summed E-state index contributed by atoms with van der Waals surface area (Å²) < 4.78 is 5.05. The van der Waals surface area contributed by atoms with Crippen molar-refractivity contribution in [3.63, 3.8) is 0 Å². The molecule has 27 heavy (non-hydrogen) atoms. The smallest absolute Gasteiger partial charge is 0.251 e. The van der Waals surface area contributed by atoms with Crippen LogP contribution < -0.4 is 20.7 Å². The van der Waals surface area contributed by atoms with Crippen LogP contribution in [-0.4, -0.2) is 38.4 Å². The van der Waals surface area contributed by atoms with Crippen molar-refractivity contribution < 1.29 is 19.1 Å². The molecule has 0 bridgehead atoms. The van der Waals surface area contributed by atoms with Crippen molar-refractivity contribution in [1.29, 1.82) is 0 Å². The molecule has 0 saturated carbocycles. The third-order valence-corrected chi connectivity index (χ3v) is 3.88. The molecule has 2 aromatic carbocycles. The highest BCUT2D eigenvalue weighted by atomic mass is 16.5. The molecular formula is C20H23N3O4. The molecule has 3 N–H and O–H groups in total. The van der Waals surface area contributed by atoms with Crippen LogP contribution in [0.1, 0.15) is 33.6 Å². The molecule has 7 heteroatoms. The Labute approximate surface area is 158 Å². The van der Waals surface area contributed by atoms with Crippen LogP contribution in [0.3, 0.4) is 0 Å². The van der Waals surface area contributed by atoms with Crippen molar-refractivity contribution in [3.05, 3.63) is 59.7 Å². The summed E-state index contributed by atoms with van der Waals surface area (Å²) in [5.41, 5.74) is 1.68. The Morgan fingerprint density at radius 3 is 2.07 bits per heavy atom. The molecule has 7 nitrogen and oxygen atoms in total. The molecule has 0 atom stereocenters. The Balaban J connectivity index is 1.71. The van der Waals surface area contributed by atoms with Gasteiger partial charge in [-0.3, -0.25) is 14.4 Å². The molecule has 0 saturated heterocycles. The highest BCUT2D eigenvalue weighted by molar-refractivity contribution is 5.96. The first-order valence-corrected chi connectivity index (χ1v) is 8.57. The van der Waals surface area contributed by atoms with Crippen molar-refractivity contribution in [2.75, 3.05) is 26.0 Å². The molecule has 2 rings (SSSR count). The Bertz CT molecular complexity index is 786. The molecule has 0 aliphatic carbocycles. The zero-order chi connectivity index (χ0) is 19.6. The van der Waals surface area contributed by atoms with Gasteiger partial charge in [0.05, 0.1) is 7.11 Å². The van der Waals surface area contributed by atoms with E-state index in [1.165, 1.54) is 0 Å². The average molecular weight is 369 g/mol. The van der Waals surface area contributed by atoms with Gasteiger partial charge in [-0.1, -0.05) is 0 Å². The summed E-state index contributed by atoms with van der Waals surface area (Å²) >= 11 is 0. The third kappa shape index (κ3) is 6.14. The Hall–Kier alpha value is -3.35. The maximum Gasteiger partial charge on any atom is 0.251 e. The standard InChI is InChI=1S/C20H23N3O4/c1-21-19(25)14-5-9-16(10-6-14)23-18(24)4-3-13-22-20(26)15-7-11-17(27-2)12-8-15/h5-12H,3-4,13H2,1-2H3,(H,21,25)(H,22,26)(H,23,24). The number of benzene rings is 2. The molecule has 0 heterocycles. The van der Waals surface area contributed by atoms with E-state index >= 15 is 0 Å². The lowest BCUT2D eigenvalue weighted by molar-refractivity contribution is -0.116. The summed E-state index contributed by atoms with van der Waals surface area (Å²) in [6.45, 7) is 0.397. The second kappa shape index (κ2) is 9.96. The molecule has 2 aromatic rings. The lowest BCUT2D eigenvalue weighted by Crippen LogP contribution is -2.25. The number of ether oxygens (including phenoxy) is 1. The number of carbonyl (C=O) groups excluding carboxylic acids is 3. The van der Waals surface area contributed by atoms with Gasteiger partial charge < -0.3 is 20.7 Å². The first-order valence-electron chi connectivity index (χ1n) is 8.57. The summed E-state index contributed by atoms with van der Waals surface area (Å²) in [7, 11) is 3.13. The largest absolute Gasteiger partial charge is 0.497 e. The monoisotopic (exact) mass is 369 g/mol. The highest BCUT2D eigenvalue weighted by Gasteiger charge is 2.07. The van der Waals surface area contributed by atoms with Crippen LogP contribution in [-0.2, 0) is 4.79 Å². The van der Waals surface area contributed by atoms with Crippen LogP contribution in [0.5, 0.6) is 5.75 Å². The summed E-state index contributed by atoms with van der Waals surface area (Å²) in [4.78, 5) is 35.4. The van der Waals surface area contributed by atoms with E-state index in [4.69, 9.17) is 4.74 Å². The van der Waals surface area contributed by atoms with Crippen molar-refractivity contribution >= 4 is 23.4 Å². The zero-order valence-electron chi connectivity index (χ0n) is 15.4.